The number of aromatic amines is 1. The molecule has 1 aromatic rings. The van der Waals surface area contributed by atoms with Crippen molar-refractivity contribution in [2.45, 2.75) is 19.4 Å². The second kappa shape index (κ2) is 4.14. The van der Waals surface area contributed by atoms with Crippen molar-refractivity contribution in [1.82, 2.24) is 10.3 Å². The van der Waals surface area contributed by atoms with Gasteiger partial charge in [0.05, 0.1) is 0 Å². The second-order valence-electron chi connectivity index (χ2n) is 3.77. The van der Waals surface area contributed by atoms with E-state index in [1.807, 2.05) is 13.8 Å². The van der Waals surface area contributed by atoms with Crippen molar-refractivity contribution >= 4 is 21.8 Å². The molecule has 5 heteroatoms. The number of hydrogen-bond acceptors (Lipinski definition) is 2. The molecule has 0 spiro atoms. The highest BCUT2D eigenvalue weighted by Gasteiger charge is 2.19. The lowest BCUT2D eigenvalue weighted by Gasteiger charge is -2.23. The number of halogens is 1. The third kappa shape index (κ3) is 2.85. The Bertz CT molecular complexity index is 333. The maximum absolute atomic E-state index is 11.6. The minimum Gasteiger partial charge on any atom is -0.356 e. The topological polar surface area (TPSA) is 70.9 Å². The maximum atomic E-state index is 11.6. The van der Waals surface area contributed by atoms with Crippen LogP contribution in [0.1, 0.15) is 24.3 Å². The van der Waals surface area contributed by atoms with Crippen molar-refractivity contribution in [3.05, 3.63) is 22.4 Å². The van der Waals surface area contributed by atoms with Crippen LogP contribution in [0, 0.1) is 0 Å². The molecule has 0 fully saturated rings. The van der Waals surface area contributed by atoms with Crippen molar-refractivity contribution < 1.29 is 4.79 Å². The van der Waals surface area contributed by atoms with Crippen molar-refractivity contribution in [2.24, 2.45) is 5.73 Å². The quantitative estimate of drug-likeness (QED) is 0.765. The Hall–Kier alpha value is -0.810. The highest BCUT2D eigenvalue weighted by molar-refractivity contribution is 9.10. The van der Waals surface area contributed by atoms with Crippen molar-refractivity contribution in [2.75, 3.05) is 6.54 Å². The van der Waals surface area contributed by atoms with Crippen LogP contribution in [0.2, 0.25) is 0 Å². The molecule has 0 aliphatic carbocycles. The number of nitrogens with one attached hydrogen (secondary N) is 2. The molecule has 1 rings (SSSR count). The molecule has 4 N–H and O–H groups in total. The van der Waals surface area contributed by atoms with E-state index in [0.717, 1.165) is 4.47 Å². The maximum Gasteiger partial charge on any atom is 0.268 e. The zero-order chi connectivity index (χ0) is 10.8. The summed E-state index contributed by atoms with van der Waals surface area (Å²) in [7, 11) is 0. The molecular weight excluding hydrogens is 246 g/mol. The Morgan fingerprint density at radius 2 is 2.36 bits per heavy atom. The van der Waals surface area contributed by atoms with Gasteiger partial charge in [0.15, 0.2) is 0 Å². The lowest BCUT2D eigenvalue weighted by Crippen LogP contribution is -2.48. The summed E-state index contributed by atoms with van der Waals surface area (Å²) in [4.78, 5) is 14.5. The van der Waals surface area contributed by atoms with Crippen LogP contribution in [0.3, 0.4) is 0 Å². The molecule has 0 bridgehead atoms. The Morgan fingerprint density at radius 3 is 2.79 bits per heavy atom. The first-order valence-corrected chi connectivity index (χ1v) is 5.10. The smallest absolute Gasteiger partial charge is 0.268 e. The predicted octanol–water partition coefficient (Wildman–Crippen LogP) is 1.24. The SMILES string of the molecule is CC(C)(CN)NC(=O)c1cc(Br)c[nH]1. The molecule has 1 heterocycles. The summed E-state index contributed by atoms with van der Waals surface area (Å²) < 4.78 is 0.855. The summed E-state index contributed by atoms with van der Waals surface area (Å²) in [6.45, 7) is 4.16. The number of amides is 1. The number of aromatic nitrogens is 1. The third-order valence-corrected chi connectivity index (χ3v) is 2.31. The molecule has 1 aromatic heterocycles. The summed E-state index contributed by atoms with van der Waals surface area (Å²) in [6.07, 6.45) is 1.71. The molecule has 78 valence electrons. The van der Waals surface area contributed by atoms with Gasteiger partial charge in [-0.3, -0.25) is 4.79 Å². The summed E-state index contributed by atoms with van der Waals surface area (Å²) in [5, 5.41) is 2.82. The predicted molar refractivity (Wildman–Crippen MR) is 59.1 cm³/mol. The Morgan fingerprint density at radius 1 is 1.71 bits per heavy atom. The van der Waals surface area contributed by atoms with E-state index in [1.165, 1.54) is 0 Å². The molecule has 4 nitrogen and oxygen atoms in total. The fourth-order valence-corrected chi connectivity index (χ4v) is 1.27. The van der Waals surface area contributed by atoms with Gasteiger partial charge in [0, 0.05) is 22.8 Å². The normalized spacial score (nSPS) is 11.4. The highest BCUT2D eigenvalue weighted by Crippen LogP contribution is 2.11. The van der Waals surface area contributed by atoms with Gasteiger partial charge >= 0.3 is 0 Å². The van der Waals surface area contributed by atoms with Gasteiger partial charge in [-0.15, -0.1) is 0 Å². The van der Waals surface area contributed by atoms with E-state index in [9.17, 15) is 4.79 Å². The number of carbonyl (C=O) groups excluding carboxylic acids is 1. The van der Waals surface area contributed by atoms with Crippen LogP contribution in [0.4, 0.5) is 0 Å². The Labute approximate surface area is 91.4 Å². The molecular formula is C9H14BrN3O. The van der Waals surface area contributed by atoms with E-state index in [4.69, 9.17) is 5.73 Å². The van der Waals surface area contributed by atoms with Crippen LogP contribution >= 0.6 is 15.9 Å². The second-order valence-corrected chi connectivity index (χ2v) is 4.69. The number of carbonyl (C=O) groups is 1. The minimum atomic E-state index is -0.380. The number of H-pyrrole nitrogens is 1. The van der Waals surface area contributed by atoms with Gasteiger partial charge in [0.2, 0.25) is 0 Å². The van der Waals surface area contributed by atoms with Crippen LogP contribution in [0.5, 0.6) is 0 Å². The standard InChI is InChI=1S/C9H14BrN3O/c1-9(2,5-11)13-8(14)7-3-6(10)4-12-7/h3-4,12H,5,11H2,1-2H3,(H,13,14). The van der Waals surface area contributed by atoms with Gasteiger partial charge in [0.1, 0.15) is 5.69 Å². The minimum absolute atomic E-state index is 0.147. The zero-order valence-electron chi connectivity index (χ0n) is 8.23. The van der Waals surface area contributed by atoms with Crippen LogP contribution in [-0.4, -0.2) is 23.0 Å². The molecule has 0 atom stereocenters. The summed E-state index contributed by atoms with van der Waals surface area (Å²) >= 11 is 3.26. The molecule has 0 aromatic carbocycles. The lowest BCUT2D eigenvalue weighted by molar-refractivity contribution is 0.0911. The first kappa shape index (κ1) is 11.3. The van der Waals surface area contributed by atoms with Gasteiger partial charge in [0.25, 0.3) is 5.91 Å². The third-order valence-electron chi connectivity index (χ3n) is 1.85. The lowest BCUT2D eigenvalue weighted by atomic mass is 10.1. The fourth-order valence-electron chi connectivity index (χ4n) is 0.925. The molecule has 0 aliphatic heterocycles. The first-order valence-electron chi connectivity index (χ1n) is 4.31. The fraction of sp³-hybridized carbons (Fsp3) is 0.444. The monoisotopic (exact) mass is 259 g/mol. The Balaban J connectivity index is 2.68. The number of hydrogen-bond donors (Lipinski definition) is 3. The van der Waals surface area contributed by atoms with Gasteiger partial charge in [-0.25, -0.2) is 0 Å². The largest absolute Gasteiger partial charge is 0.356 e. The first-order chi connectivity index (χ1) is 6.44. The number of nitrogens with two attached hydrogens (primary N) is 1. The summed E-state index contributed by atoms with van der Waals surface area (Å²) in [5.74, 6) is -0.147. The van der Waals surface area contributed by atoms with Crippen LogP contribution in [-0.2, 0) is 0 Å². The van der Waals surface area contributed by atoms with E-state index in [2.05, 4.69) is 26.2 Å². The van der Waals surface area contributed by atoms with E-state index in [0.29, 0.717) is 12.2 Å². The highest BCUT2D eigenvalue weighted by atomic mass is 79.9. The van der Waals surface area contributed by atoms with E-state index >= 15 is 0 Å². The van der Waals surface area contributed by atoms with Crippen LogP contribution < -0.4 is 11.1 Å². The van der Waals surface area contributed by atoms with E-state index in [1.54, 1.807) is 12.3 Å². The van der Waals surface area contributed by atoms with Gasteiger partial charge in [-0.2, -0.15) is 0 Å². The van der Waals surface area contributed by atoms with Crippen molar-refractivity contribution in [3.63, 3.8) is 0 Å². The van der Waals surface area contributed by atoms with Gasteiger partial charge in [-0.05, 0) is 35.8 Å². The molecule has 1 amide bonds. The van der Waals surface area contributed by atoms with Crippen LogP contribution in [0.15, 0.2) is 16.7 Å². The molecule has 14 heavy (non-hydrogen) atoms. The average molecular weight is 260 g/mol. The summed E-state index contributed by atoms with van der Waals surface area (Å²) in [6, 6.07) is 1.72. The summed E-state index contributed by atoms with van der Waals surface area (Å²) in [5.41, 5.74) is 5.65. The molecule has 0 aliphatic rings. The van der Waals surface area contributed by atoms with Crippen LogP contribution in [0.25, 0.3) is 0 Å². The molecule has 0 unspecified atom stereocenters. The van der Waals surface area contributed by atoms with Gasteiger partial charge < -0.3 is 16.0 Å². The van der Waals surface area contributed by atoms with Gasteiger partial charge in [-0.1, -0.05) is 0 Å². The molecule has 0 saturated heterocycles. The molecule has 0 saturated carbocycles. The Kier molecular flexibility index (Phi) is 3.34. The average Bonchev–Trinajstić information content (AvgIpc) is 2.51. The number of rotatable bonds is 3. The van der Waals surface area contributed by atoms with Crippen molar-refractivity contribution in [3.8, 4) is 0 Å². The zero-order valence-corrected chi connectivity index (χ0v) is 9.81. The van der Waals surface area contributed by atoms with E-state index in [-0.39, 0.29) is 11.4 Å². The van der Waals surface area contributed by atoms with Crippen molar-refractivity contribution in [1.29, 1.82) is 0 Å². The molecule has 0 radical (unpaired) electrons. The van der Waals surface area contributed by atoms with E-state index < -0.39 is 0 Å².